The number of hydrogen-bond acceptors (Lipinski definition) is 10. The van der Waals surface area contributed by atoms with Gasteiger partial charge in [-0.15, -0.1) is 0 Å². The Morgan fingerprint density at radius 2 is 1.94 bits per heavy atom. The normalized spacial score (nSPS) is 24.6. The number of carboxylic acid groups (broad SMARTS) is 1. The SMILES string of the molecule is CC(OC(=O)OCc1ccc([N+](=O)[O-])cc1)C1C[N+]2([O-])C(C(=O)O)=C(S(=O)c3ncccn3)CC12. The van der Waals surface area contributed by atoms with Crippen LogP contribution in [-0.2, 0) is 31.7 Å². The molecule has 1 aromatic heterocycles. The minimum Gasteiger partial charge on any atom is -0.627 e. The number of carbonyl (C=O) groups excluding carboxylic acids is 1. The van der Waals surface area contributed by atoms with Crippen molar-refractivity contribution in [2.45, 2.75) is 37.3 Å². The van der Waals surface area contributed by atoms with Gasteiger partial charge in [0.2, 0.25) is 10.9 Å². The first-order valence-corrected chi connectivity index (χ1v) is 11.6. The Hall–Kier alpha value is -3.75. The number of aliphatic carboxylic acids is 1. The molecular formula is C21H20N4O9S. The van der Waals surface area contributed by atoms with E-state index >= 15 is 0 Å². The Labute approximate surface area is 200 Å². The van der Waals surface area contributed by atoms with Crippen molar-refractivity contribution < 1.29 is 37.9 Å². The molecule has 0 amide bonds. The van der Waals surface area contributed by atoms with Crippen molar-refractivity contribution in [2.75, 3.05) is 6.54 Å². The maximum atomic E-state index is 13.3. The van der Waals surface area contributed by atoms with Crippen LogP contribution >= 0.6 is 0 Å². The summed E-state index contributed by atoms with van der Waals surface area (Å²) in [5.74, 6) is -1.95. The van der Waals surface area contributed by atoms with Crippen molar-refractivity contribution in [3.05, 3.63) is 74.2 Å². The van der Waals surface area contributed by atoms with Gasteiger partial charge < -0.3 is 24.4 Å². The standard InChI is InChI=1S/C21H20N4O9S/c1-12(34-21(28)33-11-13-3-5-14(6-4-13)24(29)30)15-10-25(31)16(15)9-17(18(25)19(26)27)35(32)20-22-7-2-8-23-20/h2-8,12,15-16H,9-11H2,1H3,(H,26,27). The smallest absolute Gasteiger partial charge is 0.508 e. The number of nitro benzene ring substituents is 1. The van der Waals surface area contributed by atoms with Crippen LogP contribution in [0.2, 0.25) is 0 Å². The van der Waals surface area contributed by atoms with Crippen LogP contribution in [0.15, 0.2) is 58.5 Å². The van der Waals surface area contributed by atoms with Gasteiger partial charge >= 0.3 is 12.1 Å². The highest BCUT2D eigenvalue weighted by Gasteiger charge is 2.62. The predicted octanol–water partition coefficient (Wildman–Crippen LogP) is 2.25. The van der Waals surface area contributed by atoms with Gasteiger partial charge in [-0.3, -0.25) is 10.1 Å². The molecule has 2 aliphatic rings. The fourth-order valence-electron chi connectivity index (χ4n) is 4.32. The number of hydrogen-bond donors (Lipinski definition) is 1. The molecule has 2 aromatic rings. The second-order valence-electron chi connectivity index (χ2n) is 8.08. The summed E-state index contributed by atoms with van der Waals surface area (Å²) >= 11 is 0. The zero-order valence-electron chi connectivity index (χ0n) is 18.3. The number of ether oxygens (including phenoxy) is 2. The third-order valence-corrected chi connectivity index (χ3v) is 7.42. The summed E-state index contributed by atoms with van der Waals surface area (Å²) in [6.07, 6.45) is 0.894. The average Bonchev–Trinajstić information content (AvgIpc) is 3.05. The van der Waals surface area contributed by atoms with Gasteiger partial charge in [0.25, 0.3) is 5.69 Å². The Morgan fingerprint density at radius 1 is 1.29 bits per heavy atom. The molecule has 14 heteroatoms. The minimum atomic E-state index is -2.02. The summed E-state index contributed by atoms with van der Waals surface area (Å²) < 4.78 is 22.1. The lowest BCUT2D eigenvalue weighted by Crippen LogP contribution is -2.67. The Morgan fingerprint density at radius 3 is 2.54 bits per heavy atom. The number of rotatable bonds is 8. The fourth-order valence-corrected chi connectivity index (χ4v) is 5.60. The van der Waals surface area contributed by atoms with Crippen molar-refractivity contribution in [2.24, 2.45) is 5.92 Å². The third-order valence-electron chi connectivity index (χ3n) is 6.07. The maximum Gasteiger partial charge on any atom is 0.508 e. The first-order chi connectivity index (χ1) is 16.6. The molecule has 0 spiro atoms. The molecule has 5 unspecified atom stereocenters. The molecule has 1 fully saturated rings. The summed E-state index contributed by atoms with van der Waals surface area (Å²) in [5, 5.41) is 33.6. The van der Waals surface area contributed by atoms with Crippen molar-refractivity contribution in [3.63, 3.8) is 0 Å². The van der Waals surface area contributed by atoms with Gasteiger partial charge in [-0.05, 0) is 30.7 Å². The second kappa shape index (κ2) is 9.48. The van der Waals surface area contributed by atoms with Crippen LogP contribution in [-0.4, -0.2) is 59.7 Å². The van der Waals surface area contributed by atoms with Crippen LogP contribution in [0, 0.1) is 21.2 Å². The molecule has 4 rings (SSSR count). The van der Waals surface area contributed by atoms with E-state index in [-0.39, 0.29) is 35.3 Å². The molecule has 1 N–H and O–H groups in total. The van der Waals surface area contributed by atoms with Crippen molar-refractivity contribution in [3.8, 4) is 0 Å². The number of carboxylic acids is 1. The highest BCUT2D eigenvalue weighted by molar-refractivity contribution is 7.88. The van der Waals surface area contributed by atoms with Gasteiger partial charge in [0.1, 0.15) is 29.6 Å². The van der Waals surface area contributed by atoms with Crippen LogP contribution in [0.1, 0.15) is 18.9 Å². The average molecular weight is 504 g/mol. The number of benzene rings is 1. The van der Waals surface area contributed by atoms with Crippen LogP contribution in [0.25, 0.3) is 0 Å². The second-order valence-corrected chi connectivity index (χ2v) is 9.47. The van der Waals surface area contributed by atoms with E-state index in [1.54, 1.807) is 6.92 Å². The van der Waals surface area contributed by atoms with Gasteiger partial charge in [-0.1, -0.05) is 0 Å². The van der Waals surface area contributed by atoms with Crippen molar-refractivity contribution in [1.29, 1.82) is 0 Å². The lowest BCUT2D eigenvalue weighted by atomic mass is 9.83. The van der Waals surface area contributed by atoms with Crippen LogP contribution < -0.4 is 0 Å². The Bertz CT molecular complexity index is 1220. The fraction of sp³-hybridized carbons (Fsp3) is 0.333. The Kier molecular flexibility index (Phi) is 6.60. The van der Waals surface area contributed by atoms with Gasteiger partial charge in [0.15, 0.2) is 0 Å². The van der Waals surface area contributed by atoms with Gasteiger partial charge in [0, 0.05) is 30.9 Å². The minimum absolute atomic E-state index is 0.0425. The van der Waals surface area contributed by atoms with E-state index < -0.39 is 56.3 Å². The summed E-state index contributed by atoms with van der Waals surface area (Å²) in [4.78, 5) is 41.9. The molecule has 2 aliphatic heterocycles. The lowest BCUT2D eigenvalue weighted by Gasteiger charge is -2.57. The molecule has 1 aromatic carbocycles. The van der Waals surface area contributed by atoms with E-state index in [2.05, 4.69) is 9.97 Å². The summed E-state index contributed by atoms with van der Waals surface area (Å²) in [6.45, 7) is 1.22. The van der Waals surface area contributed by atoms with E-state index in [4.69, 9.17) is 9.47 Å². The lowest BCUT2D eigenvalue weighted by molar-refractivity contribution is -0.915. The van der Waals surface area contributed by atoms with Crippen LogP contribution in [0.4, 0.5) is 10.5 Å². The zero-order valence-corrected chi connectivity index (χ0v) is 19.1. The van der Waals surface area contributed by atoms with Crippen LogP contribution in [0.5, 0.6) is 0 Å². The van der Waals surface area contributed by atoms with E-state index in [0.29, 0.717) is 5.56 Å². The van der Waals surface area contributed by atoms with Gasteiger partial charge in [-0.25, -0.2) is 23.8 Å². The highest BCUT2D eigenvalue weighted by Crippen LogP contribution is 2.50. The molecule has 3 heterocycles. The first-order valence-electron chi connectivity index (χ1n) is 10.4. The van der Waals surface area contributed by atoms with Crippen molar-refractivity contribution in [1.82, 2.24) is 9.97 Å². The zero-order chi connectivity index (χ0) is 25.3. The number of nitro groups is 1. The summed E-state index contributed by atoms with van der Waals surface area (Å²) in [7, 11) is -2.02. The molecule has 0 aliphatic carbocycles. The van der Waals surface area contributed by atoms with Crippen molar-refractivity contribution >= 4 is 28.6 Å². The third kappa shape index (κ3) is 4.62. The molecule has 0 radical (unpaired) electrons. The molecule has 1 saturated heterocycles. The number of aromatic nitrogens is 2. The largest absolute Gasteiger partial charge is 0.627 e. The molecule has 0 saturated carbocycles. The molecule has 184 valence electrons. The predicted molar refractivity (Wildman–Crippen MR) is 117 cm³/mol. The van der Waals surface area contributed by atoms with Crippen LogP contribution in [0.3, 0.4) is 0 Å². The number of nitrogens with zero attached hydrogens (tertiary/aromatic N) is 4. The number of carbonyl (C=O) groups is 2. The number of fused-ring (bicyclic) bond motifs is 1. The van der Waals surface area contributed by atoms with E-state index in [0.717, 1.165) is 0 Å². The molecule has 35 heavy (non-hydrogen) atoms. The van der Waals surface area contributed by atoms with E-state index in [1.807, 2.05) is 0 Å². The summed E-state index contributed by atoms with van der Waals surface area (Å²) in [6, 6.07) is 6.18. The number of hydroxylamine groups is 3. The highest BCUT2D eigenvalue weighted by atomic mass is 32.2. The van der Waals surface area contributed by atoms with E-state index in [9.17, 15) is 34.2 Å². The quantitative estimate of drug-likeness (QED) is 0.139. The maximum absolute atomic E-state index is 13.3. The molecule has 0 bridgehead atoms. The first kappa shape index (κ1) is 24.4. The van der Waals surface area contributed by atoms with Gasteiger partial charge in [0.05, 0.1) is 22.3 Å². The molecular weight excluding hydrogens is 484 g/mol. The Balaban J connectivity index is 1.38. The number of non-ortho nitro benzene ring substituents is 1. The summed E-state index contributed by atoms with van der Waals surface area (Å²) in [5.41, 5.74) is -0.0791. The van der Waals surface area contributed by atoms with Gasteiger partial charge in [-0.2, -0.15) is 0 Å². The molecule has 13 nitrogen and oxygen atoms in total. The molecule has 5 atom stereocenters. The topological polar surface area (TPSA) is 182 Å². The number of quaternary nitrogens is 1. The monoisotopic (exact) mass is 504 g/mol. The van der Waals surface area contributed by atoms with E-state index in [1.165, 1.54) is 42.7 Å².